The molecule has 3 atom stereocenters. The Morgan fingerprint density at radius 2 is 1.88 bits per heavy atom. The van der Waals surface area contributed by atoms with Crippen LogP contribution < -0.4 is 21.8 Å². The highest BCUT2D eigenvalue weighted by molar-refractivity contribution is 5.94. The van der Waals surface area contributed by atoms with Crippen LogP contribution >= 0.6 is 0 Å². The number of hydrazine groups is 1. The van der Waals surface area contributed by atoms with Gasteiger partial charge < -0.3 is 16.4 Å². The Hall–Kier alpha value is -3.79. The van der Waals surface area contributed by atoms with Crippen LogP contribution in [0.15, 0.2) is 36.5 Å². The van der Waals surface area contributed by atoms with Gasteiger partial charge in [0, 0.05) is 18.1 Å². The molecule has 3 rings (SSSR count). The lowest BCUT2D eigenvalue weighted by Gasteiger charge is -2.34. The van der Waals surface area contributed by atoms with Crippen molar-refractivity contribution < 1.29 is 19.2 Å². The molecule has 10 nitrogen and oxygen atoms in total. The lowest BCUT2D eigenvalue weighted by atomic mass is 9.90. The minimum atomic E-state index is -0.932. The number of carbonyl (C=O) groups is 4. The summed E-state index contributed by atoms with van der Waals surface area (Å²) in [6.45, 7) is 11.3. The van der Waals surface area contributed by atoms with Crippen LogP contribution in [-0.4, -0.2) is 58.3 Å². The fourth-order valence-electron chi connectivity index (χ4n) is 4.50. The zero-order valence-corrected chi connectivity index (χ0v) is 24.3. The minimum absolute atomic E-state index is 0.228. The fourth-order valence-corrected chi connectivity index (χ4v) is 4.50. The molecule has 3 unspecified atom stereocenters. The van der Waals surface area contributed by atoms with E-state index >= 15 is 0 Å². The first-order valence-corrected chi connectivity index (χ1v) is 13.9. The normalized spacial score (nSPS) is 17.6. The van der Waals surface area contributed by atoms with E-state index in [4.69, 9.17) is 5.73 Å². The summed E-state index contributed by atoms with van der Waals surface area (Å²) >= 11 is 0. The Morgan fingerprint density at radius 3 is 2.52 bits per heavy atom. The average molecular weight is 551 g/mol. The zero-order chi connectivity index (χ0) is 29.6. The van der Waals surface area contributed by atoms with Gasteiger partial charge >= 0.3 is 0 Å². The van der Waals surface area contributed by atoms with Crippen molar-refractivity contribution in [1.29, 1.82) is 0 Å². The van der Waals surface area contributed by atoms with Crippen LogP contribution in [0.1, 0.15) is 65.6 Å². The highest BCUT2D eigenvalue weighted by Gasteiger charge is 2.34. The maximum absolute atomic E-state index is 13.3. The first kappa shape index (κ1) is 30.7. The van der Waals surface area contributed by atoms with Crippen LogP contribution in [0.2, 0.25) is 0 Å². The second-order valence-corrected chi connectivity index (χ2v) is 11.3. The molecule has 0 radical (unpaired) electrons. The van der Waals surface area contributed by atoms with Crippen molar-refractivity contribution in [2.24, 2.45) is 17.1 Å². The topological polar surface area (TPSA) is 147 Å². The highest BCUT2D eigenvalue weighted by Crippen LogP contribution is 2.22. The maximum Gasteiger partial charge on any atom is 0.258 e. The van der Waals surface area contributed by atoms with Crippen molar-refractivity contribution in [3.63, 3.8) is 0 Å². The molecule has 216 valence electrons. The number of primary amides is 1. The van der Waals surface area contributed by atoms with Crippen molar-refractivity contribution in [3.8, 4) is 0 Å². The molecule has 2 heterocycles. The molecule has 0 spiro atoms. The molecular formula is C30H42N6O4. The summed E-state index contributed by atoms with van der Waals surface area (Å²) in [5, 5.41) is 9.03. The summed E-state index contributed by atoms with van der Waals surface area (Å²) in [5.74, 6) is -1.93. The number of nitrogens with two attached hydrogens (primary N) is 1. The Balaban J connectivity index is 1.65. The zero-order valence-electron chi connectivity index (χ0n) is 24.3. The number of nitrogens with zero attached hydrogens (tertiary/aromatic N) is 2. The monoisotopic (exact) mass is 550 g/mol. The average Bonchev–Trinajstić information content (AvgIpc) is 2.93. The van der Waals surface area contributed by atoms with Gasteiger partial charge in [0.15, 0.2) is 0 Å². The van der Waals surface area contributed by atoms with E-state index in [2.05, 4.69) is 46.2 Å². The first-order valence-electron chi connectivity index (χ1n) is 13.9. The van der Waals surface area contributed by atoms with Gasteiger partial charge in [-0.2, -0.15) is 0 Å². The van der Waals surface area contributed by atoms with Crippen molar-refractivity contribution in [2.45, 2.75) is 78.9 Å². The van der Waals surface area contributed by atoms with Gasteiger partial charge in [-0.1, -0.05) is 45.0 Å². The summed E-state index contributed by atoms with van der Waals surface area (Å²) in [6, 6.07) is 5.93. The molecule has 1 saturated heterocycles. The van der Waals surface area contributed by atoms with Crippen molar-refractivity contribution in [1.82, 2.24) is 26.1 Å². The minimum Gasteiger partial charge on any atom is -0.368 e. The van der Waals surface area contributed by atoms with Gasteiger partial charge in [-0.25, -0.2) is 5.43 Å². The lowest BCUT2D eigenvalue weighted by molar-refractivity contribution is -0.143. The molecule has 1 aliphatic heterocycles. The largest absolute Gasteiger partial charge is 0.368 e. The number of hydrogen-bond donors (Lipinski definition) is 4. The molecule has 40 heavy (non-hydrogen) atoms. The van der Waals surface area contributed by atoms with Gasteiger partial charge in [-0.05, 0) is 69.0 Å². The van der Waals surface area contributed by atoms with Crippen LogP contribution in [-0.2, 0) is 25.6 Å². The molecule has 1 aromatic heterocycles. The number of pyridine rings is 1. The molecule has 0 bridgehead atoms. The molecule has 1 aromatic carbocycles. The predicted molar refractivity (Wildman–Crippen MR) is 155 cm³/mol. The quantitative estimate of drug-likeness (QED) is 0.357. The number of amides is 4. The SMILES string of the molecule is CCc1ccc2cnc(/C=C/C(C)(C)C(=O)NC(C(=O)NC(C)C(=O)N3CCCC(C(N)=O)N3)C(C)C)cc2c1. The number of nitrogens with one attached hydrogen (secondary N) is 3. The van der Waals surface area contributed by atoms with Crippen LogP contribution in [0, 0.1) is 11.3 Å². The summed E-state index contributed by atoms with van der Waals surface area (Å²) in [6.07, 6.45) is 7.51. The van der Waals surface area contributed by atoms with E-state index in [9.17, 15) is 19.2 Å². The summed E-state index contributed by atoms with van der Waals surface area (Å²) < 4.78 is 0. The summed E-state index contributed by atoms with van der Waals surface area (Å²) in [7, 11) is 0. The molecule has 5 N–H and O–H groups in total. The van der Waals surface area contributed by atoms with Crippen LogP contribution in [0.5, 0.6) is 0 Å². The molecule has 1 aliphatic rings. The van der Waals surface area contributed by atoms with Gasteiger partial charge in [-0.15, -0.1) is 0 Å². The summed E-state index contributed by atoms with van der Waals surface area (Å²) in [5.41, 5.74) is 9.24. The molecule has 0 aliphatic carbocycles. The maximum atomic E-state index is 13.3. The van der Waals surface area contributed by atoms with E-state index in [-0.39, 0.29) is 17.7 Å². The number of rotatable bonds is 10. The van der Waals surface area contributed by atoms with Crippen LogP contribution in [0.3, 0.4) is 0 Å². The molecule has 4 amide bonds. The van der Waals surface area contributed by atoms with E-state index in [1.54, 1.807) is 26.8 Å². The second-order valence-electron chi connectivity index (χ2n) is 11.3. The Labute approximate surface area is 236 Å². The third-order valence-corrected chi connectivity index (χ3v) is 7.23. The Bertz CT molecular complexity index is 1290. The Morgan fingerprint density at radius 1 is 1.15 bits per heavy atom. The number of carbonyl (C=O) groups excluding carboxylic acids is 4. The Kier molecular flexibility index (Phi) is 10.0. The van der Waals surface area contributed by atoms with Gasteiger partial charge in [0.05, 0.1) is 11.1 Å². The van der Waals surface area contributed by atoms with E-state index < -0.39 is 35.4 Å². The van der Waals surface area contributed by atoms with E-state index in [1.165, 1.54) is 10.6 Å². The van der Waals surface area contributed by atoms with Crippen molar-refractivity contribution in [3.05, 3.63) is 47.8 Å². The number of aryl methyl sites for hydroxylation is 1. The van der Waals surface area contributed by atoms with Crippen LogP contribution in [0.4, 0.5) is 0 Å². The van der Waals surface area contributed by atoms with E-state index in [0.717, 1.165) is 22.9 Å². The molecule has 10 heteroatoms. The van der Waals surface area contributed by atoms with Gasteiger partial charge in [0.2, 0.25) is 17.7 Å². The van der Waals surface area contributed by atoms with Gasteiger partial charge in [-0.3, -0.25) is 29.2 Å². The lowest BCUT2D eigenvalue weighted by Crippen LogP contribution is -2.61. The van der Waals surface area contributed by atoms with Crippen LogP contribution in [0.25, 0.3) is 16.8 Å². The molecule has 2 aromatic rings. The van der Waals surface area contributed by atoms with Crippen molar-refractivity contribution in [2.75, 3.05) is 6.54 Å². The molecule has 1 fully saturated rings. The molecule has 0 saturated carbocycles. The van der Waals surface area contributed by atoms with E-state index in [0.29, 0.717) is 19.4 Å². The predicted octanol–water partition coefficient (Wildman–Crippen LogP) is 2.46. The summed E-state index contributed by atoms with van der Waals surface area (Å²) in [4.78, 5) is 55.4. The van der Waals surface area contributed by atoms with Gasteiger partial charge in [0.1, 0.15) is 18.1 Å². The molecular weight excluding hydrogens is 508 g/mol. The van der Waals surface area contributed by atoms with E-state index in [1.807, 2.05) is 32.2 Å². The smallest absolute Gasteiger partial charge is 0.258 e. The third-order valence-electron chi connectivity index (χ3n) is 7.23. The highest BCUT2D eigenvalue weighted by atomic mass is 16.2. The number of fused-ring (bicyclic) bond motifs is 1. The standard InChI is InChI=1S/C30H42N6O4/c1-7-20-10-11-21-17-32-23(16-22(21)15-20)12-13-30(5,6)29(40)34-25(18(2)3)27(38)33-19(4)28(39)36-14-8-9-24(35-36)26(31)37/h10-13,15-19,24-25,35H,7-9,14H2,1-6H3,(H2,31,37)(H,33,38)(H,34,40)/b13-12+. The number of aromatic nitrogens is 1. The second kappa shape index (κ2) is 13.0. The van der Waals surface area contributed by atoms with Crippen molar-refractivity contribution >= 4 is 40.5 Å². The van der Waals surface area contributed by atoms with Gasteiger partial charge in [0.25, 0.3) is 5.91 Å². The third kappa shape index (κ3) is 7.65. The number of benzene rings is 1. The number of hydrogen-bond acceptors (Lipinski definition) is 6. The fraction of sp³-hybridized carbons (Fsp3) is 0.500. The first-order chi connectivity index (χ1) is 18.8.